The van der Waals surface area contributed by atoms with Crippen molar-refractivity contribution < 1.29 is 18.4 Å². The van der Waals surface area contributed by atoms with E-state index in [0.717, 1.165) is 6.42 Å². The van der Waals surface area contributed by atoms with Gasteiger partial charge >= 0.3 is 6.03 Å². The molecule has 0 spiro atoms. The topological polar surface area (TPSA) is 74.6 Å². The Morgan fingerprint density at radius 2 is 2.17 bits per heavy atom. The van der Waals surface area contributed by atoms with E-state index in [9.17, 15) is 14.0 Å². The van der Waals surface area contributed by atoms with Crippen LogP contribution in [-0.2, 0) is 11.3 Å². The molecule has 1 saturated heterocycles. The fraction of sp³-hybridized carbons (Fsp3) is 0.294. The summed E-state index contributed by atoms with van der Waals surface area (Å²) in [5.41, 5.74) is 0.363. The van der Waals surface area contributed by atoms with E-state index < -0.39 is 17.9 Å². The van der Waals surface area contributed by atoms with Crippen molar-refractivity contribution >= 4 is 17.6 Å². The third-order valence-electron chi connectivity index (χ3n) is 3.91. The number of carbonyl (C=O) groups excluding carboxylic acids is 2. The average Bonchev–Trinajstić information content (AvgIpc) is 3.24. The lowest BCUT2D eigenvalue weighted by Crippen LogP contribution is -2.47. The first-order chi connectivity index (χ1) is 11.6. The highest BCUT2D eigenvalue weighted by Gasteiger charge is 2.34. The molecule has 0 radical (unpaired) electrons. The molecule has 0 saturated carbocycles. The van der Waals surface area contributed by atoms with Crippen LogP contribution in [0, 0.1) is 5.82 Å². The van der Waals surface area contributed by atoms with Gasteiger partial charge < -0.3 is 20.0 Å². The van der Waals surface area contributed by atoms with Gasteiger partial charge in [-0.3, -0.25) is 4.79 Å². The van der Waals surface area contributed by atoms with Crippen LogP contribution in [0.25, 0.3) is 0 Å². The molecule has 0 bridgehead atoms. The maximum atomic E-state index is 13.2. The number of hydrogen-bond donors (Lipinski definition) is 2. The maximum absolute atomic E-state index is 13.2. The fourth-order valence-corrected chi connectivity index (χ4v) is 2.75. The largest absolute Gasteiger partial charge is 0.467 e. The Hall–Kier alpha value is -2.83. The summed E-state index contributed by atoms with van der Waals surface area (Å²) >= 11 is 0. The van der Waals surface area contributed by atoms with Gasteiger partial charge in [0, 0.05) is 12.2 Å². The van der Waals surface area contributed by atoms with E-state index in [-0.39, 0.29) is 12.5 Å². The number of halogens is 1. The van der Waals surface area contributed by atoms with Gasteiger partial charge in [0.1, 0.15) is 17.6 Å². The van der Waals surface area contributed by atoms with Crippen molar-refractivity contribution in [2.75, 3.05) is 11.9 Å². The number of rotatable bonds is 4. The first-order valence-electron chi connectivity index (χ1n) is 7.77. The smallest absolute Gasteiger partial charge is 0.322 e. The molecule has 24 heavy (non-hydrogen) atoms. The lowest BCUT2D eigenvalue weighted by atomic mass is 10.2. The molecule has 0 aliphatic carbocycles. The Labute approximate surface area is 138 Å². The third kappa shape index (κ3) is 3.73. The van der Waals surface area contributed by atoms with E-state index in [0.29, 0.717) is 24.4 Å². The molecule has 1 fully saturated rings. The Morgan fingerprint density at radius 1 is 1.29 bits per heavy atom. The van der Waals surface area contributed by atoms with Crippen LogP contribution >= 0.6 is 0 Å². The standard InChI is InChI=1S/C17H18FN3O3/c18-12-4-1-5-13(10-12)20-17(23)21-8-2-7-15(21)16(22)19-11-14-6-3-9-24-14/h1,3-6,9-10,15H,2,7-8,11H2,(H,19,22)(H,20,23)/t15-/m0/s1. The molecule has 0 unspecified atom stereocenters. The number of amides is 3. The van der Waals surface area contributed by atoms with Gasteiger partial charge in [0.05, 0.1) is 12.8 Å². The molecule has 126 valence electrons. The number of nitrogens with one attached hydrogen (secondary N) is 2. The molecule has 2 aromatic rings. The molecular weight excluding hydrogens is 313 g/mol. The lowest BCUT2D eigenvalue weighted by molar-refractivity contribution is -0.124. The third-order valence-corrected chi connectivity index (χ3v) is 3.91. The van der Waals surface area contributed by atoms with E-state index in [2.05, 4.69) is 10.6 Å². The van der Waals surface area contributed by atoms with Crippen LogP contribution in [0.5, 0.6) is 0 Å². The van der Waals surface area contributed by atoms with Gasteiger partial charge in [-0.15, -0.1) is 0 Å². The summed E-state index contributed by atoms with van der Waals surface area (Å²) in [5.74, 6) is -0.00244. The zero-order valence-electron chi connectivity index (χ0n) is 13.0. The Balaban J connectivity index is 1.59. The molecule has 6 nitrogen and oxygen atoms in total. The number of anilines is 1. The van der Waals surface area contributed by atoms with Crippen LogP contribution in [0.4, 0.5) is 14.9 Å². The number of urea groups is 1. The van der Waals surface area contributed by atoms with Crippen molar-refractivity contribution in [3.63, 3.8) is 0 Å². The molecule has 7 heteroatoms. The zero-order chi connectivity index (χ0) is 16.9. The second kappa shape index (κ2) is 7.16. The minimum Gasteiger partial charge on any atom is -0.467 e. The quantitative estimate of drug-likeness (QED) is 0.904. The number of hydrogen-bond acceptors (Lipinski definition) is 3. The Kier molecular flexibility index (Phi) is 4.79. The summed E-state index contributed by atoms with van der Waals surface area (Å²) in [6.45, 7) is 0.766. The zero-order valence-corrected chi connectivity index (χ0v) is 13.0. The van der Waals surface area contributed by atoms with Crippen LogP contribution in [0.1, 0.15) is 18.6 Å². The summed E-state index contributed by atoms with van der Waals surface area (Å²) < 4.78 is 18.4. The van der Waals surface area contributed by atoms with Crippen molar-refractivity contribution in [3.8, 4) is 0 Å². The van der Waals surface area contributed by atoms with Gasteiger partial charge in [-0.05, 0) is 43.2 Å². The molecule has 1 atom stereocenters. The van der Waals surface area contributed by atoms with E-state index in [4.69, 9.17) is 4.42 Å². The van der Waals surface area contributed by atoms with Crippen molar-refractivity contribution in [1.82, 2.24) is 10.2 Å². The predicted molar refractivity (Wildman–Crippen MR) is 85.7 cm³/mol. The summed E-state index contributed by atoms with van der Waals surface area (Å²) in [6, 6.07) is 8.23. The van der Waals surface area contributed by atoms with Gasteiger partial charge in [-0.25, -0.2) is 9.18 Å². The van der Waals surface area contributed by atoms with Crippen LogP contribution in [0.2, 0.25) is 0 Å². The van der Waals surface area contributed by atoms with E-state index >= 15 is 0 Å². The second-order valence-corrected chi connectivity index (χ2v) is 5.59. The maximum Gasteiger partial charge on any atom is 0.322 e. The van der Waals surface area contributed by atoms with Gasteiger partial charge in [0.25, 0.3) is 0 Å². The number of likely N-dealkylation sites (tertiary alicyclic amines) is 1. The number of furan rings is 1. The molecular formula is C17H18FN3O3. The first kappa shape index (κ1) is 16.0. The highest BCUT2D eigenvalue weighted by atomic mass is 19.1. The Bertz CT molecular complexity index is 718. The fourth-order valence-electron chi connectivity index (χ4n) is 2.75. The average molecular weight is 331 g/mol. The summed E-state index contributed by atoms with van der Waals surface area (Å²) in [4.78, 5) is 26.2. The lowest BCUT2D eigenvalue weighted by Gasteiger charge is -2.24. The van der Waals surface area contributed by atoms with E-state index in [1.165, 1.54) is 29.4 Å². The van der Waals surface area contributed by atoms with Crippen molar-refractivity contribution in [1.29, 1.82) is 0 Å². The Morgan fingerprint density at radius 3 is 2.92 bits per heavy atom. The van der Waals surface area contributed by atoms with Crippen molar-refractivity contribution in [2.24, 2.45) is 0 Å². The van der Waals surface area contributed by atoms with E-state index in [1.807, 2.05) is 0 Å². The highest BCUT2D eigenvalue weighted by Crippen LogP contribution is 2.19. The second-order valence-electron chi connectivity index (χ2n) is 5.59. The predicted octanol–water partition coefficient (Wildman–Crippen LogP) is 2.73. The molecule has 3 rings (SSSR count). The molecule has 2 N–H and O–H groups in total. The molecule has 3 amide bonds. The van der Waals surface area contributed by atoms with Gasteiger partial charge in [-0.2, -0.15) is 0 Å². The van der Waals surface area contributed by atoms with Gasteiger partial charge in [0.15, 0.2) is 0 Å². The van der Waals surface area contributed by atoms with Crippen LogP contribution in [-0.4, -0.2) is 29.4 Å². The highest BCUT2D eigenvalue weighted by molar-refractivity contribution is 5.94. The number of carbonyl (C=O) groups is 2. The molecule has 1 aliphatic rings. The number of nitrogens with zero attached hydrogens (tertiary/aromatic N) is 1. The van der Waals surface area contributed by atoms with Crippen molar-refractivity contribution in [2.45, 2.75) is 25.4 Å². The summed E-state index contributed by atoms with van der Waals surface area (Å²) in [5, 5.41) is 5.40. The normalized spacial score (nSPS) is 16.9. The van der Waals surface area contributed by atoms with Crippen LogP contribution in [0.3, 0.4) is 0 Å². The molecule has 1 aliphatic heterocycles. The number of benzene rings is 1. The molecule has 2 heterocycles. The molecule has 1 aromatic carbocycles. The first-order valence-corrected chi connectivity index (χ1v) is 7.77. The van der Waals surface area contributed by atoms with Gasteiger partial charge in [0.2, 0.25) is 5.91 Å². The van der Waals surface area contributed by atoms with Crippen molar-refractivity contribution in [3.05, 3.63) is 54.2 Å². The SMILES string of the molecule is O=C(NCc1ccco1)[C@@H]1CCCN1C(=O)Nc1cccc(F)c1. The van der Waals surface area contributed by atoms with Gasteiger partial charge in [-0.1, -0.05) is 6.07 Å². The van der Waals surface area contributed by atoms with Crippen LogP contribution in [0.15, 0.2) is 47.1 Å². The van der Waals surface area contributed by atoms with Crippen LogP contribution < -0.4 is 10.6 Å². The minimum atomic E-state index is -0.534. The molecule has 1 aromatic heterocycles. The minimum absolute atomic E-state index is 0.224. The summed E-state index contributed by atoms with van der Waals surface area (Å²) in [6.07, 6.45) is 2.88. The summed E-state index contributed by atoms with van der Waals surface area (Å²) in [7, 11) is 0. The van der Waals surface area contributed by atoms with E-state index in [1.54, 1.807) is 18.2 Å². The monoisotopic (exact) mass is 331 g/mol.